The molecule has 5 nitrogen and oxygen atoms in total. The molecule has 5 fully saturated rings. The van der Waals surface area contributed by atoms with Gasteiger partial charge in [-0.15, -0.1) is 0 Å². The number of rotatable bonds is 1. The lowest BCUT2D eigenvalue weighted by atomic mass is 9.44. The number of carbonyl (C=O) groups is 1. The Morgan fingerprint density at radius 3 is 2.54 bits per heavy atom. The Hall–Kier alpha value is -0.490. The number of hydrogen-bond donors (Lipinski definition) is 2. The standard InChI is InChI=1S/C23H37NO4/c1-22-6-5-16-15(17(22)12-20(26)21(22)27)4-3-14-11-19(25)18(13-23(14,16)2)24-7-9-28-10-8-24/h14-19,21,25,27H,3-13H2,1-2H3/t14?,15?,16?,17?,18-,19-,21?,22-,23-/m0/s1. The first kappa shape index (κ1) is 19.5. The number of aliphatic hydroxyl groups is 2. The van der Waals surface area contributed by atoms with Gasteiger partial charge in [-0.1, -0.05) is 13.8 Å². The van der Waals surface area contributed by atoms with Gasteiger partial charge in [0.05, 0.1) is 19.3 Å². The largest absolute Gasteiger partial charge is 0.391 e. The quantitative estimate of drug-likeness (QED) is 0.717. The van der Waals surface area contributed by atoms with Crippen molar-refractivity contribution in [3.05, 3.63) is 0 Å². The SMILES string of the molecule is C[C@]12C[C@H](N3CCOCC3)[C@@H](O)CC1CCC1C2CC[C@]2(C)C(O)C(=O)CC12. The van der Waals surface area contributed by atoms with Crippen LogP contribution in [-0.4, -0.2) is 65.4 Å². The van der Waals surface area contributed by atoms with Gasteiger partial charge in [-0.25, -0.2) is 0 Å². The molecule has 28 heavy (non-hydrogen) atoms. The van der Waals surface area contributed by atoms with E-state index in [9.17, 15) is 15.0 Å². The summed E-state index contributed by atoms with van der Waals surface area (Å²) in [7, 11) is 0. The number of fused-ring (bicyclic) bond motifs is 5. The van der Waals surface area contributed by atoms with E-state index in [4.69, 9.17) is 4.74 Å². The number of ketones is 1. The molecule has 0 amide bonds. The summed E-state index contributed by atoms with van der Waals surface area (Å²) in [5.74, 6) is 2.19. The molecule has 5 unspecified atom stereocenters. The summed E-state index contributed by atoms with van der Waals surface area (Å²) in [5, 5.41) is 21.6. The molecule has 158 valence electrons. The van der Waals surface area contributed by atoms with E-state index in [2.05, 4.69) is 18.7 Å². The molecule has 1 heterocycles. The average Bonchev–Trinajstić information content (AvgIpc) is 2.92. The van der Waals surface area contributed by atoms with Crippen molar-refractivity contribution < 1.29 is 19.7 Å². The minimum Gasteiger partial charge on any atom is -0.391 e. The van der Waals surface area contributed by atoms with Gasteiger partial charge in [0.1, 0.15) is 6.10 Å². The Balaban J connectivity index is 1.41. The predicted molar refractivity (Wildman–Crippen MR) is 106 cm³/mol. The third kappa shape index (κ3) is 2.69. The van der Waals surface area contributed by atoms with Gasteiger partial charge in [-0.05, 0) is 67.6 Å². The molecule has 0 radical (unpaired) electrons. The second-order valence-electron chi connectivity index (χ2n) is 11.0. The molecule has 0 aromatic heterocycles. The number of nitrogens with zero attached hydrogens (tertiary/aromatic N) is 1. The third-order valence-corrected chi connectivity index (χ3v) is 9.99. The number of ether oxygens (including phenoxy) is 1. The van der Waals surface area contributed by atoms with Crippen LogP contribution < -0.4 is 0 Å². The average molecular weight is 392 g/mol. The summed E-state index contributed by atoms with van der Waals surface area (Å²) in [6.07, 6.45) is 6.02. The first-order valence-corrected chi connectivity index (χ1v) is 11.6. The highest BCUT2D eigenvalue weighted by Gasteiger charge is 2.63. The summed E-state index contributed by atoms with van der Waals surface area (Å²) in [6, 6.07) is 0.244. The molecule has 4 aliphatic carbocycles. The van der Waals surface area contributed by atoms with Gasteiger partial charge >= 0.3 is 0 Å². The second kappa shape index (κ2) is 6.76. The maximum absolute atomic E-state index is 12.4. The Kier molecular flexibility index (Phi) is 4.70. The van der Waals surface area contributed by atoms with Crippen LogP contribution in [0.5, 0.6) is 0 Å². The Morgan fingerprint density at radius 1 is 1.04 bits per heavy atom. The molecule has 5 rings (SSSR count). The van der Waals surface area contributed by atoms with Gasteiger partial charge in [0.15, 0.2) is 5.78 Å². The van der Waals surface area contributed by atoms with Gasteiger partial charge in [0.25, 0.3) is 0 Å². The molecule has 5 heteroatoms. The summed E-state index contributed by atoms with van der Waals surface area (Å²) in [6.45, 7) is 8.06. The molecule has 0 bridgehead atoms. The number of hydrogen-bond acceptors (Lipinski definition) is 5. The van der Waals surface area contributed by atoms with Gasteiger partial charge in [0.2, 0.25) is 0 Å². The molecular formula is C23H37NO4. The molecule has 5 aliphatic rings. The fourth-order valence-corrected chi connectivity index (χ4v) is 8.32. The highest BCUT2D eigenvalue weighted by Crippen LogP contribution is 2.65. The third-order valence-electron chi connectivity index (χ3n) is 9.99. The number of aliphatic hydroxyl groups excluding tert-OH is 2. The normalized spacial score (nSPS) is 54.7. The van der Waals surface area contributed by atoms with Crippen molar-refractivity contribution >= 4 is 5.78 Å². The molecule has 9 atom stereocenters. The highest BCUT2D eigenvalue weighted by molar-refractivity contribution is 5.86. The maximum Gasteiger partial charge on any atom is 0.162 e. The Labute approximate surface area is 168 Å². The van der Waals surface area contributed by atoms with Crippen molar-refractivity contribution in [1.29, 1.82) is 0 Å². The van der Waals surface area contributed by atoms with Crippen LogP contribution in [0.3, 0.4) is 0 Å². The molecular weight excluding hydrogens is 354 g/mol. The van der Waals surface area contributed by atoms with Gasteiger partial charge in [-0.2, -0.15) is 0 Å². The van der Waals surface area contributed by atoms with Crippen molar-refractivity contribution in [2.45, 2.75) is 77.0 Å². The topological polar surface area (TPSA) is 70.0 Å². The van der Waals surface area contributed by atoms with E-state index >= 15 is 0 Å². The monoisotopic (exact) mass is 391 g/mol. The predicted octanol–water partition coefficient (Wildman–Crippen LogP) is 2.24. The van der Waals surface area contributed by atoms with Crippen LogP contribution in [-0.2, 0) is 9.53 Å². The van der Waals surface area contributed by atoms with Crippen molar-refractivity contribution in [2.24, 2.45) is 34.5 Å². The minimum absolute atomic E-state index is 0.0747. The van der Waals surface area contributed by atoms with E-state index in [0.29, 0.717) is 30.1 Å². The van der Waals surface area contributed by atoms with Crippen LogP contribution in [0, 0.1) is 34.5 Å². The molecule has 0 aromatic carbocycles. The number of carbonyl (C=O) groups excluding carboxylic acids is 1. The second-order valence-corrected chi connectivity index (χ2v) is 11.0. The number of Topliss-reactive ketones (excluding diaryl/α,β-unsaturated/α-hetero) is 1. The lowest BCUT2D eigenvalue weighted by Crippen LogP contribution is -2.61. The van der Waals surface area contributed by atoms with Crippen LogP contribution in [0.15, 0.2) is 0 Å². The summed E-state index contributed by atoms with van der Waals surface area (Å²) in [4.78, 5) is 14.9. The van der Waals surface area contributed by atoms with E-state index in [1.54, 1.807) is 0 Å². The van der Waals surface area contributed by atoms with Gasteiger partial charge in [0, 0.05) is 31.0 Å². The molecule has 2 N–H and O–H groups in total. The smallest absolute Gasteiger partial charge is 0.162 e. The zero-order chi connectivity index (χ0) is 19.7. The summed E-state index contributed by atoms with van der Waals surface area (Å²) >= 11 is 0. The van der Waals surface area contributed by atoms with Crippen LogP contribution in [0.1, 0.15) is 58.8 Å². The van der Waals surface area contributed by atoms with E-state index in [-0.39, 0.29) is 28.8 Å². The molecule has 4 saturated carbocycles. The van der Waals surface area contributed by atoms with Crippen LogP contribution in [0.2, 0.25) is 0 Å². The van der Waals surface area contributed by atoms with Gasteiger partial charge in [-0.3, -0.25) is 9.69 Å². The van der Waals surface area contributed by atoms with Crippen molar-refractivity contribution in [2.75, 3.05) is 26.3 Å². The van der Waals surface area contributed by atoms with Crippen LogP contribution >= 0.6 is 0 Å². The first-order valence-electron chi connectivity index (χ1n) is 11.6. The molecule has 1 saturated heterocycles. The van der Waals surface area contributed by atoms with E-state index in [1.807, 2.05) is 0 Å². The van der Waals surface area contributed by atoms with Crippen molar-refractivity contribution in [3.8, 4) is 0 Å². The molecule has 0 aromatic rings. The number of morpholine rings is 1. The molecule has 0 spiro atoms. The van der Waals surface area contributed by atoms with Crippen molar-refractivity contribution in [3.63, 3.8) is 0 Å². The maximum atomic E-state index is 12.4. The fraction of sp³-hybridized carbons (Fsp3) is 0.957. The van der Waals surface area contributed by atoms with Crippen LogP contribution in [0.4, 0.5) is 0 Å². The summed E-state index contributed by atoms with van der Waals surface area (Å²) < 4.78 is 5.54. The van der Waals surface area contributed by atoms with E-state index < -0.39 is 6.10 Å². The Bertz CT molecular complexity index is 634. The lowest BCUT2D eigenvalue weighted by Gasteiger charge is -2.62. The molecule has 1 aliphatic heterocycles. The zero-order valence-electron chi connectivity index (χ0n) is 17.5. The first-order chi connectivity index (χ1) is 13.3. The minimum atomic E-state index is -0.752. The van der Waals surface area contributed by atoms with Crippen molar-refractivity contribution in [1.82, 2.24) is 4.90 Å². The van der Waals surface area contributed by atoms with Gasteiger partial charge < -0.3 is 14.9 Å². The zero-order valence-corrected chi connectivity index (χ0v) is 17.5. The van der Waals surface area contributed by atoms with E-state index in [1.165, 1.54) is 12.8 Å². The highest BCUT2D eigenvalue weighted by atomic mass is 16.5. The van der Waals surface area contributed by atoms with E-state index in [0.717, 1.165) is 52.0 Å². The van der Waals surface area contributed by atoms with Crippen LogP contribution in [0.25, 0.3) is 0 Å². The summed E-state index contributed by atoms with van der Waals surface area (Å²) in [5.41, 5.74) is 0.0300. The lowest BCUT2D eigenvalue weighted by molar-refractivity contribution is -0.158. The fourth-order valence-electron chi connectivity index (χ4n) is 8.32. The Morgan fingerprint density at radius 2 is 1.79 bits per heavy atom.